The normalized spacial score (nSPS) is 14.0. The maximum Gasteiger partial charge on any atom is 0.228 e. The first-order chi connectivity index (χ1) is 16.0. The van der Waals surface area contributed by atoms with E-state index in [1.165, 1.54) is 0 Å². The predicted molar refractivity (Wildman–Crippen MR) is 129 cm³/mol. The van der Waals surface area contributed by atoms with Crippen LogP contribution < -0.4 is 10.2 Å². The highest BCUT2D eigenvalue weighted by molar-refractivity contribution is 5.94. The molecule has 0 saturated carbocycles. The van der Waals surface area contributed by atoms with Crippen LogP contribution in [0.5, 0.6) is 0 Å². The molecule has 2 aromatic heterocycles. The minimum absolute atomic E-state index is 0.0428. The van der Waals surface area contributed by atoms with Crippen LogP contribution in [0, 0.1) is 6.92 Å². The van der Waals surface area contributed by atoms with Gasteiger partial charge in [0.2, 0.25) is 5.95 Å². The molecule has 168 valence electrons. The topological polar surface area (TPSA) is 85.2 Å². The summed E-state index contributed by atoms with van der Waals surface area (Å²) in [6.07, 6.45) is 0. The number of aryl methyl sites for hydroxylation is 2. The van der Waals surface area contributed by atoms with Gasteiger partial charge in [-0.3, -0.25) is 9.48 Å². The number of fused-ring (bicyclic) bond motifs is 1. The summed E-state index contributed by atoms with van der Waals surface area (Å²) in [5.41, 5.74) is 5.43. The van der Waals surface area contributed by atoms with Gasteiger partial charge in [-0.2, -0.15) is 10.1 Å². The molecule has 5 rings (SSSR count). The lowest BCUT2D eigenvalue weighted by Gasteiger charge is -2.27. The van der Waals surface area contributed by atoms with Crippen LogP contribution in [0.1, 0.15) is 23.0 Å². The number of nitrogens with one attached hydrogen (secondary N) is 1. The van der Waals surface area contributed by atoms with Gasteiger partial charge in [-0.25, -0.2) is 4.98 Å². The Labute approximate surface area is 192 Å². The molecule has 0 bridgehead atoms. The van der Waals surface area contributed by atoms with E-state index in [4.69, 9.17) is 14.7 Å². The van der Waals surface area contributed by atoms with Crippen molar-refractivity contribution in [2.75, 3.05) is 36.5 Å². The number of rotatable bonds is 5. The van der Waals surface area contributed by atoms with Crippen LogP contribution in [0.4, 0.5) is 17.5 Å². The first kappa shape index (κ1) is 21.1. The molecule has 0 spiro atoms. The lowest BCUT2D eigenvalue weighted by atomic mass is 10.1. The van der Waals surface area contributed by atoms with E-state index in [0.29, 0.717) is 30.5 Å². The van der Waals surface area contributed by atoms with Crippen LogP contribution in [0.3, 0.4) is 0 Å². The molecule has 1 N–H and O–H groups in total. The van der Waals surface area contributed by atoms with Gasteiger partial charge in [-0.05, 0) is 44.2 Å². The first-order valence-electron chi connectivity index (χ1n) is 11.0. The fourth-order valence-corrected chi connectivity index (χ4v) is 4.08. The highest BCUT2D eigenvalue weighted by Gasteiger charge is 2.17. The molecule has 1 fully saturated rings. The van der Waals surface area contributed by atoms with Gasteiger partial charge in [0, 0.05) is 48.4 Å². The average Bonchev–Trinajstić information content (AvgIpc) is 3.12. The number of benzene rings is 2. The van der Waals surface area contributed by atoms with Crippen LogP contribution in [-0.2, 0) is 11.8 Å². The average molecular weight is 443 g/mol. The predicted octanol–water partition coefficient (Wildman–Crippen LogP) is 4.12. The lowest BCUT2D eigenvalue weighted by molar-refractivity contribution is 0.101. The number of ketones is 1. The second-order valence-corrected chi connectivity index (χ2v) is 8.24. The third-order valence-electron chi connectivity index (χ3n) is 5.90. The molecule has 8 nitrogen and oxygen atoms in total. The smallest absolute Gasteiger partial charge is 0.228 e. The van der Waals surface area contributed by atoms with Crippen molar-refractivity contribution >= 4 is 34.1 Å². The van der Waals surface area contributed by atoms with E-state index in [1.807, 2.05) is 49.0 Å². The van der Waals surface area contributed by atoms with Crippen molar-refractivity contribution in [2.45, 2.75) is 13.8 Å². The molecule has 0 amide bonds. The summed E-state index contributed by atoms with van der Waals surface area (Å²) < 4.78 is 7.40. The molecular formula is C25H26N6O2. The third kappa shape index (κ3) is 4.29. The summed E-state index contributed by atoms with van der Waals surface area (Å²) in [5.74, 6) is 1.40. The zero-order chi connectivity index (χ0) is 22.9. The molecule has 0 unspecified atom stereocenters. The number of carbonyl (C=O) groups is 1. The molecule has 0 radical (unpaired) electrons. The Hall–Kier alpha value is -3.78. The number of carbonyl (C=O) groups excluding carboxylic acids is 1. The minimum Gasteiger partial charge on any atom is -0.378 e. The Morgan fingerprint density at radius 1 is 1.03 bits per heavy atom. The van der Waals surface area contributed by atoms with Crippen molar-refractivity contribution < 1.29 is 9.53 Å². The van der Waals surface area contributed by atoms with Crippen LogP contribution >= 0.6 is 0 Å². The third-order valence-corrected chi connectivity index (χ3v) is 5.90. The van der Waals surface area contributed by atoms with Gasteiger partial charge in [0.25, 0.3) is 0 Å². The number of hydrogen-bond acceptors (Lipinski definition) is 7. The number of aromatic nitrogens is 4. The number of nitrogens with zero attached hydrogens (tertiary/aromatic N) is 5. The SMILES string of the molecule is CC(=O)c1ccc(Nc2cc(-c3ccc4c(C)nn(C)c4c3)nc(N3CCOCC3)n2)cc1. The second kappa shape index (κ2) is 8.63. The van der Waals surface area contributed by atoms with Crippen molar-refractivity contribution in [3.05, 3.63) is 59.8 Å². The van der Waals surface area contributed by atoms with Crippen LogP contribution in [-0.4, -0.2) is 51.8 Å². The van der Waals surface area contributed by atoms with E-state index < -0.39 is 0 Å². The summed E-state index contributed by atoms with van der Waals surface area (Å²) in [7, 11) is 1.95. The van der Waals surface area contributed by atoms with Crippen molar-refractivity contribution in [1.29, 1.82) is 0 Å². The molecule has 0 aliphatic carbocycles. The van der Waals surface area contributed by atoms with E-state index in [-0.39, 0.29) is 5.78 Å². The highest BCUT2D eigenvalue weighted by Crippen LogP contribution is 2.29. The van der Waals surface area contributed by atoms with E-state index in [9.17, 15) is 4.79 Å². The minimum atomic E-state index is 0.0428. The molecule has 3 heterocycles. The summed E-state index contributed by atoms with van der Waals surface area (Å²) in [6.45, 7) is 6.38. The second-order valence-electron chi connectivity index (χ2n) is 8.24. The zero-order valence-corrected chi connectivity index (χ0v) is 19.0. The lowest BCUT2D eigenvalue weighted by Crippen LogP contribution is -2.37. The summed E-state index contributed by atoms with van der Waals surface area (Å²) in [4.78, 5) is 23.4. The monoisotopic (exact) mass is 442 g/mol. The fourth-order valence-electron chi connectivity index (χ4n) is 4.08. The van der Waals surface area contributed by atoms with Crippen molar-refractivity contribution in [3.63, 3.8) is 0 Å². The van der Waals surface area contributed by atoms with Gasteiger partial charge in [-0.15, -0.1) is 0 Å². The quantitative estimate of drug-likeness (QED) is 0.465. The molecule has 1 aliphatic heterocycles. The zero-order valence-electron chi connectivity index (χ0n) is 19.0. The Bertz CT molecular complexity index is 1320. The number of Topliss-reactive ketones (excluding diaryl/α,β-unsaturated/α-hetero) is 1. The Balaban J connectivity index is 1.55. The number of morpholine rings is 1. The fraction of sp³-hybridized carbons (Fsp3) is 0.280. The summed E-state index contributed by atoms with van der Waals surface area (Å²) >= 11 is 0. The molecule has 0 atom stereocenters. The first-order valence-corrected chi connectivity index (χ1v) is 11.0. The van der Waals surface area contributed by atoms with Gasteiger partial charge in [0.05, 0.1) is 30.1 Å². The van der Waals surface area contributed by atoms with E-state index in [1.54, 1.807) is 6.92 Å². The van der Waals surface area contributed by atoms with Crippen molar-refractivity contribution in [2.24, 2.45) is 7.05 Å². The standard InChI is InChI=1S/C25H26N6O2/c1-16-21-9-6-19(14-23(21)30(3)29-16)22-15-24(26-20-7-4-18(5-8-20)17(2)32)28-25(27-22)31-10-12-33-13-11-31/h4-9,14-15H,10-13H2,1-3H3,(H,26,27,28). The number of ether oxygens (including phenoxy) is 1. The van der Waals surface area contributed by atoms with E-state index in [0.717, 1.165) is 46.6 Å². The van der Waals surface area contributed by atoms with E-state index >= 15 is 0 Å². The van der Waals surface area contributed by atoms with Gasteiger partial charge in [-0.1, -0.05) is 12.1 Å². The van der Waals surface area contributed by atoms with Gasteiger partial charge in [0.1, 0.15) is 5.82 Å². The summed E-state index contributed by atoms with van der Waals surface area (Å²) in [5, 5.41) is 9.04. The molecule has 2 aromatic carbocycles. The molecule has 4 aromatic rings. The Morgan fingerprint density at radius 3 is 2.52 bits per heavy atom. The van der Waals surface area contributed by atoms with Gasteiger partial charge >= 0.3 is 0 Å². The Morgan fingerprint density at radius 2 is 1.79 bits per heavy atom. The van der Waals surface area contributed by atoms with Crippen molar-refractivity contribution in [3.8, 4) is 11.3 Å². The molecular weight excluding hydrogens is 416 g/mol. The van der Waals surface area contributed by atoms with E-state index in [2.05, 4.69) is 33.5 Å². The number of anilines is 3. The molecule has 33 heavy (non-hydrogen) atoms. The van der Waals surface area contributed by atoms with Crippen LogP contribution in [0.2, 0.25) is 0 Å². The maximum atomic E-state index is 11.6. The molecule has 1 aliphatic rings. The number of hydrogen-bond donors (Lipinski definition) is 1. The van der Waals surface area contributed by atoms with Crippen LogP contribution in [0.25, 0.3) is 22.2 Å². The van der Waals surface area contributed by atoms with Crippen LogP contribution in [0.15, 0.2) is 48.5 Å². The van der Waals surface area contributed by atoms with Crippen molar-refractivity contribution in [1.82, 2.24) is 19.7 Å². The summed E-state index contributed by atoms with van der Waals surface area (Å²) in [6, 6.07) is 15.6. The highest BCUT2D eigenvalue weighted by atomic mass is 16.5. The molecule has 8 heteroatoms. The maximum absolute atomic E-state index is 11.6. The van der Waals surface area contributed by atoms with Gasteiger partial charge < -0.3 is 15.0 Å². The Kier molecular flexibility index (Phi) is 5.51. The largest absolute Gasteiger partial charge is 0.378 e. The molecule has 1 saturated heterocycles. The van der Waals surface area contributed by atoms with Gasteiger partial charge in [0.15, 0.2) is 5.78 Å².